The largest absolute Gasteiger partial charge is 0.497 e. The van der Waals surface area contributed by atoms with Gasteiger partial charge in [-0.3, -0.25) is 9.59 Å². The molecule has 1 fully saturated rings. The van der Waals surface area contributed by atoms with Crippen LogP contribution in [0.5, 0.6) is 5.75 Å². The highest BCUT2D eigenvalue weighted by atomic mass is 32.2. The van der Waals surface area contributed by atoms with Gasteiger partial charge in [0.2, 0.25) is 5.91 Å². The van der Waals surface area contributed by atoms with E-state index in [9.17, 15) is 19.5 Å². The number of amidine groups is 1. The fourth-order valence-electron chi connectivity index (χ4n) is 5.08. The number of hydrogen-bond donors (Lipinski definition) is 1. The van der Waals surface area contributed by atoms with Gasteiger partial charge in [-0.25, -0.2) is 9.80 Å². The molecule has 0 spiro atoms. The van der Waals surface area contributed by atoms with E-state index in [1.54, 1.807) is 12.1 Å². The van der Waals surface area contributed by atoms with E-state index in [2.05, 4.69) is 36.2 Å². The van der Waals surface area contributed by atoms with E-state index in [0.717, 1.165) is 29.0 Å². The zero-order valence-corrected chi connectivity index (χ0v) is 22.2. The summed E-state index contributed by atoms with van der Waals surface area (Å²) in [6, 6.07) is 15.1. The molecule has 198 valence electrons. The zero-order valence-electron chi connectivity index (χ0n) is 21.4. The fourth-order valence-corrected chi connectivity index (χ4v) is 6.13. The van der Waals surface area contributed by atoms with Crippen molar-refractivity contribution >= 4 is 40.4 Å². The predicted octanol–water partition coefficient (Wildman–Crippen LogP) is 3.87. The SMILES string of the molecule is CCc1ccc([C@@H]2CC(c3ccc(OC)cc3)=NN2C2=NC(=O)[C@@H](CC(=O)N3CCC[C@H]3C(=O)O)S2)cc1. The number of carboxylic acid groups (broad SMARTS) is 1. The lowest BCUT2D eigenvalue weighted by Gasteiger charge is -2.24. The van der Waals surface area contributed by atoms with Crippen molar-refractivity contribution in [2.45, 2.75) is 56.4 Å². The Morgan fingerprint density at radius 3 is 2.53 bits per heavy atom. The molecule has 0 saturated carbocycles. The molecule has 3 aliphatic rings. The van der Waals surface area contributed by atoms with Gasteiger partial charge in [0.05, 0.1) is 18.9 Å². The number of likely N-dealkylation sites (tertiary alicyclic amines) is 1. The topological polar surface area (TPSA) is 112 Å². The number of rotatable bonds is 7. The number of methoxy groups -OCH3 is 1. The number of amides is 2. The van der Waals surface area contributed by atoms with Crippen LogP contribution in [-0.2, 0) is 20.8 Å². The van der Waals surface area contributed by atoms with E-state index in [1.807, 2.05) is 24.3 Å². The second-order valence-electron chi connectivity index (χ2n) is 9.56. The molecule has 2 amide bonds. The second kappa shape index (κ2) is 11.0. The van der Waals surface area contributed by atoms with Gasteiger partial charge in [-0.15, -0.1) is 0 Å². The molecule has 1 saturated heterocycles. The van der Waals surface area contributed by atoms with Crippen molar-refractivity contribution < 1.29 is 24.2 Å². The maximum atomic E-state index is 12.9. The number of aliphatic carboxylic acids is 1. The van der Waals surface area contributed by atoms with Crippen LogP contribution in [0.1, 0.15) is 55.3 Å². The molecule has 0 radical (unpaired) electrons. The van der Waals surface area contributed by atoms with Crippen LogP contribution < -0.4 is 4.74 Å². The quantitative estimate of drug-likeness (QED) is 0.574. The summed E-state index contributed by atoms with van der Waals surface area (Å²) in [6.45, 7) is 2.51. The Bertz CT molecular complexity index is 1290. The summed E-state index contributed by atoms with van der Waals surface area (Å²) in [7, 11) is 1.62. The summed E-state index contributed by atoms with van der Waals surface area (Å²) >= 11 is 1.23. The van der Waals surface area contributed by atoms with E-state index in [-0.39, 0.29) is 18.4 Å². The predicted molar refractivity (Wildman–Crippen MR) is 145 cm³/mol. The van der Waals surface area contributed by atoms with Gasteiger partial charge >= 0.3 is 5.97 Å². The van der Waals surface area contributed by atoms with Crippen molar-refractivity contribution in [1.29, 1.82) is 0 Å². The van der Waals surface area contributed by atoms with Crippen molar-refractivity contribution in [2.24, 2.45) is 10.1 Å². The molecule has 3 aliphatic heterocycles. The number of benzene rings is 2. The second-order valence-corrected chi connectivity index (χ2v) is 10.7. The van der Waals surface area contributed by atoms with Gasteiger partial charge in [0.1, 0.15) is 17.0 Å². The molecule has 5 rings (SSSR count). The van der Waals surface area contributed by atoms with Gasteiger partial charge in [-0.1, -0.05) is 43.0 Å². The zero-order chi connectivity index (χ0) is 26.8. The highest BCUT2D eigenvalue weighted by Gasteiger charge is 2.41. The van der Waals surface area contributed by atoms with Gasteiger partial charge in [0.15, 0.2) is 5.17 Å². The van der Waals surface area contributed by atoms with Crippen LogP contribution in [0.3, 0.4) is 0 Å². The van der Waals surface area contributed by atoms with Crippen LogP contribution in [0.15, 0.2) is 58.6 Å². The first-order valence-corrected chi connectivity index (χ1v) is 13.7. The minimum absolute atomic E-state index is 0.0843. The Labute approximate surface area is 225 Å². The van der Waals surface area contributed by atoms with E-state index in [0.29, 0.717) is 31.0 Å². The minimum atomic E-state index is -1.01. The molecule has 2 aromatic carbocycles. The number of carboxylic acids is 1. The molecule has 38 heavy (non-hydrogen) atoms. The van der Waals surface area contributed by atoms with Crippen LogP contribution >= 0.6 is 11.8 Å². The lowest BCUT2D eigenvalue weighted by molar-refractivity contribution is -0.148. The van der Waals surface area contributed by atoms with E-state index in [1.165, 1.54) is 22.2 Å². The Balaban J connectivity index is 1.37. The Hall–Kier alpha value is -3.66. The number of nitrogens with zero attached hydrogens (tertiary/aromatic N) is 4. The molecular formula is C28H30N4O5S. The van der Waals surface area contributed by atoms with Gasteiger partial charge in [0.25, 0.3) is 5.91 Å². The molecule has 0 bridgehead atoms. The third-order valence-corrected chi connectivity index (χ3v) is 8.39. The molecule has 0 aliphatic carbocycles. The molecule has 2 aromatic rings. The van der Waals surface area contributed by atoms with Gasteiger partial charge in [-0.2, -0.15) is 10.1 Å². The number of ether oxygens (including phenoxy) is 1. The van der Waals surface area contributed by atoms with Gasteiger partial charge in [-0.05, 0) is 60.2 Å². The average molecular weight is 535 g/mol. The third-order valence-electron chi connectivity index (χ3n) is 7.25. The van der Waals surface area contributed by atoms with E-state index in [4.69, 9.17) is 9.84 Å². The standard InChI is InChI=1S/C28H30N4O5S/c1-3-17-6-8-19(9-7-17)23-15-21(18-10-12-20(37-2)13-11-18)30-32(23)28-29-26(34)24(38-28)16-25(33)31-14-4-5-22(31)27(35)36/h6-13,22-24H,3-5,14-16H2,1-2H3,(H,35,36)/t22-,23-,24+/m0/s1. The Morgan fingerprint density at radius 2 is 1.87 bits per heavy atom. The monoisotopic (exact) mass is 534 g/mol. The molecule has 9 nitrogen and oxygen atoms in total. The third kappa shape index (κ3) is 5.18. The van der Waals surface area contributed by atoms with Crippen molar-refractivity contribution in [1.82, 2.24) is 9.91 Å². The van der Waals surface area contributed by atoms with Crippen LogP contribution in [-0.4, -0.2) is 68.6 Å². The van der Waals surface area contributed by atoms with Crippen molar-refractivity contribution in [3.63, 3.8) is 0 Å². The number of hydrogen-bond acceptors (Lipinski definition) is 7. The first kappa shape index (κ1) is 26.0. The highest BCUT2D eigenvalue weighted by Crippen LogP contribution is 2.39. The molecule has 0 unspecified atom stereocenters. The summed E-state index contributed by atoms with van der Waals surface area (Å²) in [4.78, 5) is 43.0. The number of carbonyl (C=O) groups excluding carboxylic acids is 2. The first-order chi connectivity index (χ1) is 18.4. The smallest absolute Gasteiger partial charge is 0.326 e. The van der Waals surface area contributed by atoms with Gasteiger partial charge < -0.3 is 14.7 Å². The van der Waals surface area contributed by atoms with E-state index >= 15 is 0 Å². The van der Waals surface area contributed by atoms with E-state index < -0.39 is 23.2 Å². The number of carbonyl (C=O) groups is 3. The summed E-state index contributed by atoms with van der Waals surface area (Å²) in [6.07, 6.45) is 2.56. The fraction of sp³-hybridized carbons (Fsp3) is 0.393. The minimum Gasteiger partial charge on any atom is -0.497 e. The number of thioether (sulfide) groups is 1. The number of aryl methyl sites for hydroxylation is 1. The maximum Gasteiger partial charge on any atom is 0.326 e. The number of hydrazone groups is 1. The van der Waals surface area contributed by atoms with Crippen LogP contribution in [0.2, 0.25) is 0 Å². The molecule has 3 atom stereocenters. The first-order valence-electron chi connectivity index (χ1n) is 12.8. The molecule has 3 heterocycles. The van der Waals surface area contributed by atoms with Crippen molar-refractivity contribution in [3.05, 3.63) is 65.2 Å². The molecular weight excluding hydrogens is 504 g/mol. The Morgan fingerprint density at radius 1 is 1.13 bits per heavy atom. The maximum absolute atomic E-state index is 12.9. The molecule has 0 aromatic heterocycles. The van der Waals surface area contributed by atoms with Gasteiger partial charge in [0, 0.05) is 19.4 Å². The lowest BCUT2D eigenvalue weighted by Crippen LogP contribution is -2.41. The van der Waals surface area contributed by atoms with Crippen molar-refractivity contribution in [3.8, 4) is 5.75 Å². The summed E-state index contributed by atoms with van der Waals surface area (Å²) in [5.41, 5.74) is 4.12. The van der Waals surface area contributed by atoms with Crippen LogP contribution in [0.25, 0.3) is 0 Å². The van der Waals surface area contributed by atoms with Crippen LogP contribution in [0, 0.1) is 0 Å². The van der Waals surface area contributed by atoms with Crippen LogP contribution in [0.4, 0.5) is 0 Å². The number of aliphatic imine (C=N–C) groups is 1. The average Bonchev–Trinajstić information content (AvgIpc) is 3.68. The summed E-state index contributed by atoms with van der Waals surface area (Å²) in [5, 5.41) is 15.9. The van der Waals surface area contributed by atoms with Crippen molar-refractivity contribution in [2.75, 3.05) is 13.7 Å². The normalized spacial score (nSPS) is 23.0. The molecule has 10 heteroatoms. The summed E-state index contributed by atoms with van der Waals surface area (Å²) < 4.78 is 5.28. The molecule has 1 N–H and O–H groups in total. The summed E-state index contributed by atoms with van der Waals surface area (Å²) in [5.74, 6) is -0.967. The highest BCUT2D eigenvalue weighted by molar-refractivity contribution is 8.15. The lowest BCUT2D eigenvalue weighted by atomic mass is 9.97. The Kier molecular flexibility index (Phi) is 7.51.